The van der Waals surface area contributed by atoms with Gasteiger partial charge in [0.15, 0.2) is 5.43 Å². The summed E-state index contributed by atoms with van der Waals surface area (Å²) < 4.78 is 16.5. The highest BCUT2D eigenvalue weighted by Gasteiger charge is 2.14. The van der Waals surface area contributed by atoms with Crippen LogP contribution in [0.2, 0.25) is 0 Å². The molecule has 23 heavy (non-hydrogen) atoms. The lowest BCUT2D eigenvalue weighted by Crippen LogP contribution is -2.20. The summed E-state index contributed by atoms with van der Waals surface area (Å²) in [6, 6.07) is 5.13. The molecule has 1 aromatic carbocycles. The van der Waals surface area contributed by atoms with E-state index in [-0.39, 0.29) is 23.3 Å². The van der Waals surface area contributed by atoms with E-state index in [1.165, 1.54) is 12.1 Å². The quantitative estimate of drug-likeness (QED) is 0.770. The third kappa shape index (κ3) is 3.92. The summed E-state index contributed by atoms with van der Waals surface area (Å²) in [5.41, 5.74) is 1.13. The van der Waals surface area contributed by atoms with Gasteiger partial charge in [-0.1, -0.05) is 26.7 Å². The molecule has 0 bridgehead atoms. The number of anilines is 1. The highest BCUT2D eigenvalue weighted by Crippen LogP contribution is 2.25. The van der Waals surface area contributed by atoms with Gasteiger partial charge in [0.05, 0.1) is 11.2 Å². The van der Waals surface area contributed by atoms with Crippen molar-refractivity contribution in [3.8, 4) is 0 Å². The number of benzene rings is 1. The Morgan fingerprint density at radius 1 is 1.17 bits per heavy atom. The van der Waals surface area contributed by atoms with Crippen LogP contribution in [0.3, 0.4) is 0 Å². The van der Waals surface area contributed by atoms with Crippen molar-refractivity contribution in [3.05, 3.63) is 40.4 Å². The van der Waals surface area contributed by atoms with Gasteiger partial charge in [0.1, 0.15) is 5.82 Å². The van der Waals surface area contributed by atoms with Gasteiger partial charge in [0.2, 0.25) is 0 Å². The summed E-state index contributed by atoms with van der Waals surface area (Å²) in [6.45, 7) is 8.38. The molecule has 126 valence electrons. The van der Waals surface area contributed by atoms with Crippen LogP contribution in [0.15, 0.2) is 29.2 Å². The number of rotatable bonds is 7. The zero-order valence-corrected chi connectivity index (χ0v) is 14.5. The van der Waals surface area contributed by atoms with Crippen LogP contribution in [0.1, 0.15) is 59.4 Å². The van der Waals surface area contributed by atoms with Crippen molar-refractivity contribution in [2.24, 2.45) is 0 Å². The fourth-order valence-electron chi connectivity index (χ4n) is 3.06. The molecule has 1 N–H and O–H groups in total. The molecule has 0 saturated carbocycles. The number of nitrogens with one attached hydrogen (secondary N) is 1. The fraction of sp³-hybridized carbons (Fsp3) is 0.526. The number of nitrogens with zero attached hydrogens (tertiary/aromatic N) is 1. The molecule has 0 amide bonds. The largest absolute Gasteiger partial charge is 0.380 e. The Kier molecular flexibility index (Phi) is 5.80. The second kappa shape index (κ2) is 7.62. The Morgan fingerprint density at radius 3 is 2.39 bits per heavy atom. The Labute approximate surface area is 137 Å². The molecule has 0 aliphatic heterocycles. The van der Waals surface area contributed by atoms with Gasteiger partial charge in [-0.15, -0.1) is 0 Å². The van der Waals surface area contributed by atoms with E-state index in [0.717, 1.165) is 31.2 Å². The van der Waals surface area contributed by atoms with Crippen molar-refractivity contribution in [1.82, 2.24) is 4.57 Å². The summed E-state index contributed by atoms with van der Waals surface area (Å²) in [5.74, 6) is -0.353. The van der Waals surface area contributed by atoms with E-state index in [1.807, 2.05) is 4.57 Å². The minimum absolute atomic E-state index is 0.138. The molecular weight excluding hydrogens is 291 g/mol. The molecule has 2 rings (SSSR count). The molecule has 3 nitrogen and oxygen atoms in total. The molecule has 0 saturated heterocycles. The number of halogens is 1. The molecule has 2 aromatic rings. The van der Waals surface area contributed by atoms with E-state index in [2.05, 4.69) is 33.0 Å². The molecule has 0 spiro atoms. The molecule has 0 radical (unpaired) electrons. The summed E-state index contributed by atoms with van der Waals surface area (Å²) >= 11 is 0. The zero-order valence-electron chi connectivity index (χ0n) is 14.5. The standard InChI is InChI=1S/C19H27FN2O/c1-5-7-14(8-6-2)21-17-12-18-15(11-16(17)20)19(23)9-10-22(18)13(3)4/h9-14,21H,5-8H2,1-4H3. The molecular formula is C19H27FN2O. The van der Waals surface area contributed by atoms with Gasteiger partial charge >= 0.3 is 0 Å². The van der Waals surface area contributed by atoms with Crippen LogP contribution < -0.4 is 10.7 Å². The highest BCUT2D eigenvalue weighted by atomic mass is 19.1. The average Bonchev–Trinajstić information content (AvgIpc) is 2.49. The average molecular weight is 318 g/mol. The van der Waals surface area contributed by atoms with E-state index >= 15 is 0 Å². The first-order valence-electron chi connectivity index (χ1n) is 8.58. The molecule has 1 heterocycles. The summed E-state index contributed by atoms with van der Waals surface area (Å²) in [5, 5.41) is 3.77. The van der Waals surface area contributed by atoms with Gasteiger partial charge in [0.25, 0.3) is 0 Å². The van der Waals surface area contributed by atoms with Crippen molar-refractivity contribution in [2.45, 2.75) is 65.5 Å². The number of fused-ring (bicyclic) bond motifs is 1. The first-order valence-corrected chi connectivity index (χ1v) is 8.58. The van der Waals surface area contributed by atoms with E-state index in [1.54, 1.807) is 12.3 Å². The number of hydrogen-bond donors (Lipinski definition) is 1. The second-order valence-electron chi connectivity index (χ2n) is 6.45. The number of pyridine rings is 1. The van der Waals surface area contributed by atoms with Gasteiger partial charge in [0, 0.05) is 29.7 Å². The van der Waals surface area contributed by atoms with Crippen molar-refractivity contribution in [2.75, 3.05) is 5.32 Å². The first-order chi connectivity index (χ1) is 11.0. The summed E-state index contributed by atoms with van der Waals surface area (Å²) in [6.07, 6.45) is 5.92. The fourth-order valence-corrected chi connectivity index (χ4v) is 3.06. The monoisotopic (exact) mass is 318 g/mol. The van der Waals surface area contributed by atoms with E-state index in [4.69, 9.17) is 0 Å². The Balaban J connectivity index is 2.50. The molecule has 0 fully saturated rings. The van der Waals surface area contributed by atoms with Crippen molar-refractivity contribution in [1.29, 1.82) is 0 Å². The summed E-state index contributed by atoms with van der Waals surface area (Å²) in [4.78, 5) is 12.0. The van der Waals surface area contributed by atoms with Crippen LogP contribution in [0.4, 0.5) is 10.1 Å². The molecule has 0 aliphatic rings. The maximum atomic E-state index is 14.5. The molecule has 4 heteroatoms. The Hall–Kier alpha value is -1.84. The third-order valence-electron chi connectivity index (χ3n) is 4.21. The zero-order chi connectivity index (χ0) is 17.0. The van der Waals surface area contributed by atoms with Crippen LogP contribution >= 0.6 is 0 Å². The van der Waals surface area contributed by atoms with Crippen LogP contribution in [-0.2, 0) is 0 Å². The van der Waals surface area contributed by atoms with Gasteiger partial charge in [-0.3, -0.25) is 4.79 Å². The predicted molar refractivity (Wildman–Crippen MR) is 95.8 cm³/mol. The van der Waals surface area contributed by atoms with Crippen LogP contribution in [0.25, 0.3) is 10.9 Å². The molecule has 1 aromatic heterocycles. The van der Waals surface area contributed by atoms with Crippen LogP contribution in [0.5, 0.6) is 0 Å². The Bertz CT molecular complexity index is 715. The molecule has 0 aliphatic carbocycles. The summed E-state index contributed by atoms with van der Waals surface area (Å²) in [7, 11) is 0. The predicted octanol–water partition coefficient (Wildman–Crippen LogP) is 5.10. The SMILES string of the molecule is CCCC(CCC)Nc1cc2c(cc1F)c(=O)ccn2C(C)C. The lowest BCUT2D eigenvalue weighted by molar-refractivity contribution is 0.574. The molecule has 0 atom stereocenters. The highest BCUT2D eigenvalue weighted by molar-refractivity contribution is 5.83. The van der Waals surface area contributed by atoms with Crippen molar-refractivity contribution in [3.63, 3.8) is 0 Å². The van der Waals surface area contributed by atoms with Gasteiger partial charge in [-0.25, -0.2) is 4.39 Å². The topological polar surface area (TPSA) is 34.0 Å². The number of hydrogen-bond acceptors (Lipinski definition) is 2. The molecule has 0 unspecified atom stereocenters. The van der Waals surface area contributed by atoms with E-state index in [9.17, 15) is 9.18 Å². The van der Waals surface area contributed by atoms with Gasteiger partial charge in [-0.05, 0) is 38.8 Å². The van der Waals surface area contributed by atoms with Gasteiger partial charge in [-0.2, -0.15) is 0 Å². The van der Waals surface area contributed by atoms with E-state index in [0.29, 0.717) is 11.1 Å². The second-order valence-corrected chi connectivity index (χ2v) is 6.45. The minimum atomic E-state index is -0.353. The normalized spacial score (nSPS) is 11.6. The lowest BCUT2D eigenvalue weighted by atomic mass is 10.1. The number of aromatic nitrogens is 1. The first kappa shape index (κ1) is 17.5. The van der Waals surface area contributed by atoms with Crippen LogP contribution in [0, 0.1) is 5.82 Å². The maximum Gasteiger partial charge on any atom is 0.189 e. The third-order valence-corrected chi connectivity index (χ3v) is 4.21. The van der Waals surface area contributed by atoms with Crippen molar-refractivity contribution >= 4 is 16.6 Å². The minimum Gasteiger partial charge on any atom is -0.380 e. The maximum absolute atomic E-state index is 14.5. The van der Waals surface area contributed by atoms with Crippen molar-refractivity contribution < 1.29 is 4.39 Å². The lowest BCUT2D eigenvalue weighted by Gasteiger charge is -2.21. The van der Waals surface area contributed by atoms with E-state index < -0.39 is 0 Å². The smallest absolute Gasteiger partial charge is 0.189 e. The van der Waals surface area contributed by atoms with Gasteiger partial charge < -0.3 is 9.88 Å². The Morgan fingerprint density at radius 2 is 1.83 bits per heavy atom. The van der Waals surface area contributed by atoms with Crippen LogP contribution in [-0.4, -0.2) is 10.6 Å².